The minimum atomic E-state index is -1.83. The molecule has 0 aromatic carbocycles. The summed E-state index contributed by atoms with van der Waals surface area (Å²) in [5, 5.41) is 1.64. The second-order valence-electron chi connectivity index (χ2n) is 7.55. The summed E-state index contributed by atoms with van der Waals surface area (Å²) in [6.07, 6.45) is 3.79. The van der Waals surface area contributed by atoms with Gasteiger partial charge in [0.25, 0.3) is 0 Å². The molecule has 0 saturated carbocycles. The lowest BCUT2D eigenvalue weighted by Crippen LogP contribution is -2.47. The molecule has 1 saturated heterocycles. The predicted octanol–water partition coefficient (Wildman–Crippen LogP) is 3.93. The van der Waals surface area contributed by atoms with Crippen LogP contribution in [0.3, 0.4) is 0 Å². The maximum Gasteiger partial charge on any atom is 0.345 e. The minimum Gasteiger partial charge on any atom is -0.414 e. The second-order valence-corrected chi connectivity index (χ2v) is 13.6. The van der Waals surface area contributed by atoms with Gasteiger partial charge in [-0.15, -0.1) is 6.58 Å². The lowest BCUT2D eigenvalue weighted by molar-refractivity contribution is -0.108. The van der Waals surface area contributed by atoms with Crippen molar-refractivity contribution < 1.29 is 14.1 Å². The van der Waals surface area contributed by atoms with Crippen LogP contribution in [0.1, 0.15) is 20.8 Å². The van der Waals surface area contributed by atoms with Crippen molar-refractivity contribution in [3.05, 3.63) is 22.3 Å². The van der Waals surface area contributed by atoms with Crippen LogP contribution in [0.25, 0.3) is 0 Å². The Morgan fingerprint density at radius 2 is 2.13 bits per heavy atom. The number of nitrogens with zero attached hydrogens (tertiary/aromatic N) is 2. The molecule has 0 radical (unpaired) electrons. The summed E-state index contributed by atoms with van der Waals surface area (Å²) in [4.78, 5) is 20.0. The van der Waals surface area contributed by atoms with Crippen molar-refractivity contribution in [2.24, 2.45) is 0 Å². The molecule has 7 heteroatoms. The SMILES string of the molecule is C=CCON1C(=O)N2C[C@H]1C(I)=C[C@H]2CO[Si](C)(C)C(C)(C)C. The summed E-state index contributed by atoms with van der Waals surface area (Å²) in [6.45, 7) is 16.3. The van der Waals surface area contributed by atoms with E-state index >= 15 is 0 Å². The van der Waals surface area contributed by atoms with Crippen LogP contribution in [-0.4, -0.2) is 56.2 Å². The normalized spacial score (nSPS) is 25.0. The van der Waals surface area contributed by atoms with Gasteiger partial charge in [-0.25, -0.2) is 4.79 Å². The molecule has 2 heterocycles. The van der Waals surface area contributed by atoms with Crippen LogP contribution in [0.15, 0.2) is 22.3 Å². The monoisotopic (exact) mass is 450 g/mol. The molecule has 1 fully saturated rings. The Balaban J connectivity index is 2.07. The van der Waals surface area contributed by atoms with Crippen molar-refractivity contribution in [3.8, 4) is 0 Å². The van der Waals surface area contributed by atoms with Crippen LogP contribution >= 0.6 is 22.6 Å². The Morgan fingerprint density at radius 1 is 1.48 bits per heavy atom. The Morgan fingerprint density at radius 3 is 2.70 bits per heavy atom. The molecule has 2 aliphatic heterocycles. The quantitative estimate of drug-likeness (QED) is 0.350. The van der Waals surface area contributed by atoms with Crippen LogP contribution in [0.5, 0.6) is 0 Å². The molecule has 130 valence electrons. The van der Waals surface area contributed by atoms with Crippen molar-refractivity contribution in [2.45, 2.75) is 51.0 Å². The van der Waals surface area contributed by atoms with Crippen molar-refractivity contribution >= 4 is 36.9 Å². The van der Waals surface area contributed by atoms with Gasteiger partial charge in [0.2, 0.25) is 0 Å². The highest BCUT2D eigenvalue weighted by Crippen LogP contribution is 2.38. The molecule has 5 nitrogen and oxygen atoms in total. The molecule has 23 heavy (non-hydrogen) atoms. The van der Waals surface area contributed by atoms with Crippen LogP contribution in [-0.2, 0) is 9.26 Å². The zero-order valence-corrected chi connectivity index (χ0v) is 17.8. The van der Waals surface area contributed by atoms with Gasteiger partial charge in [0.15, 0.2) is 8.32 Å². The molecule has 2 atom stereocenters. The fourth-order valence-corrected chi connectivity index (χ4v) is 4.27. The number of hydrogen-bond acceptors (Lipinski definition) is 3. The first-order valence-electron chi connectivity index (χ1n) is 7.93. The van der Waals surface area contributed by atoms with Gasteiger partial charge < -0.3 is 9.33 Å². The molecule has 0 spiro atoms. The molecule has 0 aromatic rings. The minimum absolute atomic E-state index is 0.00725. The fourth-order valence-electron chi connectivity index (χ4n) is 2.39. The van der Waals surface area contributed by atoms with E-state index in [1.165, 1.54) is 5.06 Å². The van der Waals surface area contributed by atoms with E-state index in [9.17, 15) is 4.79 Å². The maximum atomic E-state index is 12.6. The summed E-state index contributed by atoms with van der Waals surface area (Å²) in [5.74, 6) is 0. The van der Waals surface area contributed by atoms with Crippen LogP contribution in [0.4, 0.5) is 4.79 Å². The first kappa shape index (κ1) is 18.9. The van der Waals surface area contributed by atoms with E-state index in [1.807, 2.05) is 4.90 Å². The fraction of sp³-hybridized carbons (Fsp3) is 0.688. The second kappa shape index (κ2) is 6.85. The highest BCUT2D eigenvalue weighted by atomic mass is 127. The highest BCUT2D eigenvalue weighted by Gasteiger charge is 2.47. The number of urea groups is 1. The average Bonchev–Trinajstić information content (AvgIpc) is 2.73. The number of amides is 2. The van der Waals surface area contributed by atoms with Gasteiger partial charge in [0.1, 0.15) is 6.04 Å². The van der Waals surface area contributed by atoms with E-state index in [0.29, 0.717) is 19.8 Å². The number of rotatable bonds is 6. The standard InChI is InChI=1S/C16H27IN2O3Si/c1-7-8-21-19-14-10-18(15(19)20)12(9-13(14)17)11-22-23(5,6)16(2,3)4/h7,9,12,14H,1,8,10-11H2,2-6H3/t12-,14-/m0/s1. The van der Waals surface area contributed by atoms with Gasteiger partial charge in [-0.05, 0) is 46.8 Å². The number of carbonyl (C=O) groups excluding carboxylic acids is 1. The topological polar surface area (TPSA) is 42.0 Å². The van der Waals surface area contributed by atoms with Crippen molar-refractivity contribution in [3.63, 3.8) is 0 Å². The first-order valence-corrected chi connectivity index (χ1v) is 11.9. The number of halogens is 1. The van der Waals surface area contributed by atoms with Gasteiger partial charge >= 0.3 is 6.03 Å². The Kier molecular flexibility index (Phi) is 5.65. The molecule has 0 N–H and O–H groups in total. The molecule has 0 unspecified atom stereocenters. The average molecular weight is 450 g/mol. The Bertz CT molecular complexity index is 516. The van der Waals surface area contributed by atoms with E-state index < -0.39 is 8.32 Å². The number of fused-ring (bicyclic) bond motifs is 2. The van der Waals surface area contributed by atoms with Crippen molar-refractivity contribution in [1.82, 2.24) is 9.96 Å². The van der Waals surface area contributed by atoms with E-state index in [2.05, 4.69) is 69.1 Å². The zero-order valence-electron chi connectivity index (χ0n) is 14.6. The van der Waals surface area contributed by atoms with E-state index in [4.69, 9.17) is 9.26 Å². The number of carbonyl (C=O) groups is 1. The van der Waals surface area contributed by atoms with Crippen molar-refractivity contribution in [2.75, 3.05) is 19.8 Å². The lowest BCUT2D eigenvalue weighted by atomic mass is 10.1. The van der Waals surface area contributed by atoms with Crippen LogP contribution in [0, 0.1) is 0 Å². The molecule has 2 rings (SSSR count). The number of hydroxylamine groups is 2. The lowest BCUT2D eigenvalue weighted by Gasteiger charge is -2.38. The molecule has 2 bridgehead atoms. The molecule has 2 aliphatic rings. The molecule has 0 aromatic heterocycles. The summed E-state index contributed by atoms with van der Waals surface area (Å²) in [7, 11) is -1.83. The van der Waals surface area contributed by atoms with Gasteiger partial charge in [-0.2, -0.15) is 5.06 Å². The third-order valence-electron chi connectivity index (χ3n) is 4.91. The van der Waals surface area contributed by atoms with Gasteiger partial charge in [-0.1, -0.05) is 26.8 Å². The maximum absolute atomic E-state index is 12.6. The zero-order chi connectivity index (χ0) is 17.4. The molecule has 2 amide bonds. The summed E-state index contributed by atoms with van der Waals surface area (Å²) < 4.78 is 7.46. The summed E-state index contributed by atoms with van der Waals surface area (Å²) in [6, 6.07) is -0.104. The third kappa shape index (κ3) is 3.83. The third-order valence-corrected chi connectivity index (χ3v) is 10.5. The Hall–Kier alpha value is -0.383. The van der Waals surface area contributed by atoms with Gasteiger partial charge in [0.05, 0.1) is 25.8 Å². The Labute approximate surface area is 153 Å². The highest BCUT2D eigenvalue weighted by molar-refractivity contribution is 14.1. The van der Waals surface area contributed by atoms with E-state index in [-0.39, 0.29) is 23.2 Å². The molecular weight excluding hydrogens is 423 g/mol. The largest absolute Gasteiger partial charge is 0.414 e. The van der Waals surface area contributed by atoms with Gasteiger partial charge in [-0.3, -0.25) is 4.84 Å². The summed E-state index contributed by atoms with van der Waals surface area (Å²) in [5.41, 5.74) is 0. The number of hydrogen-bond donors (Lipinski definition) is 0. The first-order chi connectivity index (χ1) is 10.6. The van der Waals surface area contributed by atoms with Crippen molar-refractivity contribution in [1.29, 1.82) is 0 Å². The van der Waals surface area contributed by atoms with Crippen LogP contribution < -0.4 is 0 Å². The smallest absolute Gasteiger partial charge is 0.345 e. The molecular formula is C16H27IN2O3Si. The molecule has 0 aliphatic carbocycles. The van der Waals surface area contributed by atoms with Crippen LogP contribution in [0.2, 0.25) is 18.1 Å². The van der Waals surface area contributed by atoms with E-state index in [0.717, 1.165) is 3.58 Å². The van der Waals surface area contributed by atoms with Gasteiger partial charge in [0, 0.05) is 3.58 Å². The predicted molar refractivity (Wildman–Crippen MR) is 103 cm³/mol. The van der Waals surface area contributed by atoms with E-state index in [1.54, 1.807) is 6.08 Å². The summed E-state index contributed by atoms with van der Waals surface area (Å²) >= 11 is 2.30.